The third-order valence-electron chi connectivity index (χ3n) is 2.88. The normalized spacial score (nSPS) is 10.1. The number of nitrogen functional groups attached to an aromatic ring is 1. The molecule has 0 fully saturated rings. The number of nitrogens with two attached hydrogens (primary N) is 1. The number of hydrogen-bond acceptors (Lipinski definition) is 6. The summed E-state index contributed by atoms with van der Waals surface area (Å²) in [6.07, 6.45) is 1.90. The fraction of sp³-hybridized carbons (Fsp3) is 0.154. The zero-order valence-corrected chi connectivity index (χ0v) is 10.9. The van der Waals surface area contributed by atoms with Gasteiger partial charge in [0.25, 0.3) is 0 Å². The number of methoxy groups -OCH3 is 1. The van der Waals surface area contributed by atoms with Crippen molar-refractivity contribution in [2.24, 2.45) is 5.84 Å². The van der Waals surface area contributed by atoms with Crippen LogP contribution in [0.4, 0.5) is 11.5 Å². The molecule has 1 heterocycles. The van der Waals surface area contributed by atoms with Gasteiger partial charge in [-0.3, -0.25) is 10.1 Å². The van der Waals surface area contributed by atoms with Crippen molar-refractivity contribution < 1.29 is 9.66 Å². The van der Waals surface area contributed by atoms with Gasteiger partial charge in [-0.2, -0.15) is 0 Å². The van der Waals surface area contributed by atoms with Crippen LogP contribution in [0, 0.1) is 10.1 Å². The maximum absolute atomic E-state index is 11.1. The van der Waals surface area contributed by atoms with Crippen LogP contribution < -0.4 is 16.0 Å². The lowest BCUT2D eigenvalue weighted by Gasteiger charge is -2.07. The van der Waals surface area contributed by atoms with Crippen molar-refractivity contribution in [3.63, 3.8) is 0 Å². The molecule has 7 heteroatoms. The van der Waals surface area contributed by atoms with Gasteiger partial charge < -0.3 is 10.2 Å². The van der Waals surface area contributed by atoms with Crippen LogP contribution in [-0.2, 0) is 6.42 Å². The van der Waals surface area contributed by atoms with Crippen molar-refractivity contribution in [1.82, 2.24) is 4.98 Å². The molecule has 2 aromatic rings. The number of aromatic nitrogens is 1. The van der Waals surface area contributed by atoms with E-state index in [0.29, 0.717) is 12.0 Å². The van der Waals surface area contributed by atoms with E-state index in [1.54, 1.807) is 13.2 Å². The van der Waals surface area contributed by atoms with Gasteiger partial charge in [0.2, 0.25) is 5.82 Å². The summed E-state index contributed by atoms with van der Waals surface area (Å²) in [7, 11) is 1.59. The van der Waals surface area contributed by atoms with Crippen molar-refractivity contribution in [1.29, 1.82) is 0 Å². The molecule has 104 valence electrons. The lowest BCUT2D eigenvalue weighted by atomic mass is 10.0. The van der Waals surface area contributed by atoms with Gasteiger partial charge in [-0.25, -0.2) is 10.8 Å². The van der Waals surface area contributed by atoms with Crippen molar-refractivity contribution in [3.8, 4) is 5.75 Å². The van der Waals surface area contributed by atoms with E-state index in [-0.39, 0.29) is 11.5 Å². The largest absolute Gasteiger partial charge is 0.497 e. The second-order valence-corrected chi connectivity index (χ2v) is 4.09. The third-order valence-corrected chi connectivity index (χ3v) is 2.88. The van der Waals surface area contributed by atoms with E-state index in [1.807, 2.05) is 24.3 Å². The quantitative estimate of drug-likeness (QED) is 0.490. The molecule has 3 N–H and O–H groups in total. The van der Waals surface area contributed by atoms with E-state index in [4.69, 9.17) is 10.6 Å². The van der Waals surface area contributed by atoms with E-state index in [9.17, 15) is 10.1 Å². The predicted molar refractivity (Wildman–Crippen MR) is 74.5 cm³/mol. The van der Waals surface area contributed by atoms with E-state index in [2.05, 4.69) is 10.4 Å². The third kappa shape index (κ3) is 2.83. The van der Waals surface area contributed by atoms with Crippen LogP contribution in [0.5, 0.6) is 5.75 Å². The Morgan fingerprint density at radius 3 is 2.60 bits per heavy atom. The van der Waals surface area contributed by atoms with Gasteiger partial charge in [0.15, 0.2) is 0 Å². The Kier molecular flexibility index (Phi) is 4.11. The number of rotatable bonds is 5. The summed E-state index contributed by atoms with van der Waals surface area (Å²) in [6, 6.07) is 8.95. The second-order valence-electron chi connectivity index (χ2n) is 4.09. The molecule has 0 amide bonds. The number of anilines is 1. The van der Waals surface area contributed by atoms with Crippen molar-refractivity contribution >= 4 is 11.5 Å². The minimum absolute atomic E-state index is 0.0565. The molecule has 1 aromatic carbocycles. The monoisotopic (exact) mass is 274 g/mol. The number of nitrogens with zero attached hydrogens (tertiary/aromatic N) is 2. The summed E-state index contributed by atoms with van der Waals surface area (Å²) >= 11 is 0. The van der Waals surface area contributed by atoms with Crippen LogP contribution in [0.2, 0.25) is 0 Å². The van der Waals surface area contributed by atoms with Gasteiger partial charge >= 0.3 is 5.69 Å². The summed E-state index contributed by atoms with van der Waals surface area (Å²) in [5.41, 5.74) is 3.62. The zero-order chi connectivity index (χ0) is 14.5. The Bertz CT molecular complexity index is 614. The maximum atomic E-state index is 11.1. The van der Waals surface area contributed by atoms with Crippen LogP contribution in [0.15, 0.2) is 36.5 Å². The molecule has 0 bridgehead atoms. The number of benzene rings is 1. The lowest BCUT2D eigenvalue weighted by Crippen LogP contribution is -2.12. The van der Waals surface area contributed by atoms with Crippen LogP contribution >= 0.6 is 0 Å². The molecule has 0 unspecified atom stereocenters. The van der Waals surface area contributed by atoms with Crippen LogP contribution in [0.25, 0.3) is 0 Å². The molecule has 1 aromatic heterocycles. The number of nitro groups is 1. The minimum atomic E-state index is -0.485. The average molecular weight is 274 g/mol. The predicted octanol–water partition coefficient (Wildman–Crippen LogP) is 1.87. The highest BCUT2D eigenvalue weighted by atomic mass is 16.6. The number of ether oxygens (including phenoxy) is 1. The molecule has 0 spiro atoms. The molecule has 0 radical (unpaired) electrons. The van der Waals surface area contributed by atoms with Crippen LogP contribution in [0.3, 0.4) is 0 Å². The van der Waals surface area contributed by atoms with Gasteiger partial charge in [-0.05, 0) is 23.8 Å². The molecule has 0 aliphatic heterocycles. The van der Waals surface area contributed by atoms with Crippen LogP contribution in [0.1, 0.15) is 11.1 Å². The van der Waals surface area contributed by atoms with Crippen molar-refractivity contribution in [2.75, 3.05) is 12.5 Å². The van der Waals surface area contributed by atoms with Crippen molar-refractivity contribution in [3.05, 3.63) is 57.8 Å². The van der Waals surface area contributed by atoms with Crippen LogP contribution in [-0.4, -0.2) is 17.0 Å². The van der Waals surface area contributed by atoms with E-state index in [0.717, 1.165) is 11.3 Å². The molecule has 0 saturated carbocycles. The number of nitrogens with one attached hydrogen (secondary N) is 1. The Balaban J connectivity index is 2.34. The minimum Gasteiger partial charge on any atom is -0.497 e. The van der Waals surface area contributed by atoms with Gasteiger partial charge in [0.1, 0.15) is 5.75 Å². The van der Waals surface area contributed by atoms with Gasteiger partial charge in [0, 0.05) is 18.2 Å². The molecule has 2 rings (SSSR count). The molecule has 20 heavy (non-hydrogen) atoms. The highest BCUT2D eigenvalue weighted by Crippen LogP contribution is 2.28. The first kappa shape index (κ1) is 13.8. The molecule has 0 atom stereocenters. The Labute approximate surface area is 115 Å². The number of hydrogen-bond donors (Lipinski definition) is 2. The SMILES string of the molecule is COc1ccc(Cc2ccnc(NN)c2[N+](=O)[O-])cc1. The molecule has 0 aliphatic carbocycles. The maximum Gasteiger partial charge on any atom is 0.316 e. The first-order valence-corrected chi connectivity index (χ1v) is 5.87. The standard InChI is InChI=1S/C13H14N4O3/c1-20-11-4-2-9(3-5-11)8-10-6-7-15-13(16-14)12(10)17(18)19/h2-7H,8,14H2,1H3,(H,15,16). The Hall–Kier alpha value is -2.67. The summed E-state index contributed by atoms with van der Waals surface area (Å²) in [5.74, 6) is 6.05. The smallest absolute Gasteiger partial charge is 0.316 e. The van der Waals surface area contributed by atoms with Crippen molar-refractivity contribution in [2.45, 2.75) is 6.42 Å². The Morgan fingerprint density at radius 2 is 2.05 bits per heavy atom. The summed E-state index contributed by atoms with van der Waals surface area (Å²) < 4.78 is 5.07. The first-order valence-electron chi connectivity index (χ1n) is 5.87. The fourth-order valence-corrected chi connectivity index (χ4v) is 1.91. The highest BCUT2D eigenvalue weighted by molar-refractivity contribution is 5.60. The number of hydrazine groups is 1. The molecular formula is C13H14N4O3. The fourth-order valence-electron chi connectivity index (χ4n) is 1.91. The topological polar surface area (TPSA) is 103 Å². The van der Waals surface area contributed by atoms with Gasteiger partial charge in [0.05, 0.1) is 12.0 Å². The molecule has 0 aliphatic rings. The van der Waals surface area contributed by atoms with Gasteiger partial charge in [-0.15, -0.1) is 0 Å². The summed E-state index contributed by atoms with van der Waals surface area (Å²) in [6.45, 7) is 0. The van der Waals surface area contributed by atoms with Gasteiger partial charge in [-0.1, -0.05) is 12.1 Å². The van der Waals surface area contributed by atoms with E-state index >= 15 is 0 Å². The Morgan fingerprint density at radius 1 is 1.35 bits per heavy atom. The highest BCUT2D eigenvalue weighted by Gasteiger charge is 2.20. The first-order chi connectivity index (χ1) is 9.65. The molecule has 7 nitrogen and oxygen atoms in total. The molecule has 0 saturated heterocycles. The molecular weight excluding hydrogens is 260 g/mol. The van der Waals surface area contributed by atoms with E-state index in [1.165, 1.54) is 6.20 Å². The number of pyridine rings is 1. The summed E-state index contributed by atoms with van der Waals surface area (Å²) in [4.78, 5) is 14.5. The van der Waals surface area contributed by atoms with E-state index < -0.39 is 4.92 Å². The second kappa shape index (κ2) is 5.98. The summed E-state index contributed by atoms with van der Waals surface area (Å²) in [5, 5.41) is 11.1. The lowest BCUT2D eigenvalue weighted by molar-refractivity contribution is -0.384. The average Bonchev–Trinajstić information content (AvgIpc) is 2.47. The zero-order valence-electron chi connectivity index (χ0n) is 10.9.